The fraction of sp³-hybridized carbons (Fsp3) is 0. The number of esters is 1. The molecule has 0 radical (unpaired) electrons. The molecular formula is C14H10O7. The maximum absolute atomic E-state index is 11.9. The number of phenols is 3. The molecule has 2 rings (SSSR count). The summed E-state index contributed by atoms with van der Waals surface area (Å²) in [5.41, 5.74) is -0.664. The SMILES string of the molecule is O=C(Oc1cccc(C(=O)O)c1O)c1ccc(O)cc1O. The van der Waals surface area contributed by atoms with E-state index in [1.54, 1.807) is 0 Å². The Morgan fingerprint density at radius 1 is 0.952 bits per heavy atom. The second-order valence-electron chi connectivity index (χ2n) is 4.05. The summed E-state index contributed by atoms with van der Waals surface area (Å²) >= 11 is 0. The minimum Gasteiger partial charge on any atom is -0.508 e. The van der Waals surface area contributed by atoms with Crippen molar-refractivity contribution in [1.82, 2.24) is 0 Å². The van der Waals surface area contributed by atoms with Gasteiger partial charge in [0.25, 0.3) is 0 Å². The van der Waals surface area contributed by atoms with Crippen LogP contribution in [0.5, 0.6) is 23.0 Å². The summed E-state index contributed by atoms with van der Waals surface area (Å²) in [5.74, 6) is -4.18. The van der Waals surface area contributed by atoms with Gasteiger partial charge in [-0.05, 0) is 24.3 Å². The molecule has 0 saturated heterocycles. The van der Waals surface area contributed by atoms with Gasteiger partial charge in [0.2, 0.25) is 0 Å². The van der Waals surface area contributed by atoms with Crippen molar-refractivity contribution in [2.45, 2.75) is 0 Å². The minimum absolute atomic E-state index is 0.236. The average molecular weight is 290 g/mol. The first-order valence-electron chi connectivity index (χ1n) is 5.69. The normalized spacial score (nSPS) is 10.1. The summed E-state index contributed by atoms with van der Waals surface area (Å²) in [4.78, 5) is 22.7. The molecule has 2 aromatic rings. The van der Waals surface area contributed by atoms with Crippen molar-refractivity contribution in [1.29, 1.82) is 0 Å². The van der Waals surface area contributed by atoms with Crippen LogP contribution in [0.2, 0.25) is 0 Å². The first-order valence-corrected chi connectivity index (χ1v) is 5.69. The topological polar surface area (TPSA) is 124 Å². The molecule has 108 valence electrons. The lowest BCUT2D eigenvalue weighted by Crippen LogP contribution is -2.09. The Kier molecular flexibility index (Phi) is 3.66. The van der Waals surface area contributed by atoms with Crippen molar-refractivity contribution in [3.8, 4) is 23.0 Å². The maximum Gasteiger partial charge on any atom is 0.347 e. The molecule has 4 N–H and O–H groups in total. The van der Waals surface area contributed by atoms with Crippen LogP contribution in [0.1, 0.15) is 20.7 Å². The quantitative estimate of drug-likeness (QED) is 0.501. The van der Waals surface area contributed by atoms with Crippen molar-refractivity contribution in [3.05, 3.63) is 47.5 Å². The molecule has 21 heavy (non-hydrogen) atoms. The molecule has 0 aliphatic rings. The van der Waals surface area contributed by atoms with Gasteiger partial charge in [-0.2, -0.15) is 0 Å². The summed E-state index contributed by atoms with van der Waals surface area (Å²) < 4.78 is 4.85. The number of para-hydroxylation sites is 1. The van der Waals surface area contributed by atoms with Gasteiger partial charge in [0.15, 0.2) is 11.5 Å². The standard InChI is InChI=1S/C14H10O7/c15-7-4-5-8(10(16)6-7)14(20)21-11-3-1-2-9(12(11)17)13(18)19/h1-6,15-17H,(H,18,19). The number of rotatable bonds is 3. The second-order valence-corrected chi connectivity index (χ2v) is 4.05. The van der Waals surface area contributed by atoms with Gasteiger partial charge >= 0.3 is 11.9 Å². The van der Waals surface area contributed by atoms with Gasteiger partial charge in [-0.1, -0.05) is 6.07 Å². The zero-order valence-electron chi connectivity index (χ0n) is 10.5. The molecule has 0 heterocycles. The van der Waals surface area contributed by atoms with Gasteiger partial charge in [0.05, 0.1) is 0 Å². The third kappa shape index (κ3) is 2.86. The Labute approximate surface area is 118 Å². The van der Waals surface area contributed by atoms with E-state index in [0.717, 1.165) is 18.2 Å². The highest BCUT2D eigenvalue weighted by Crippen LogP contribution is 2.31. The van der Waals surface area contributed by atoms with E-state index in [2.05, 4.69) is 0 Å². The predicted molar refractivity (Wildman–Crippen MR) is 69.8 cm³/mol. The lowest BCUT2D eigenvalue weighted by atomic mass is 10.1. The Morgan fingerprint density at radius 3 is 2.29 bits per heavy atom. The number of carbonyl (C=O) groups excluding carboxylic acids is 1. The summed E-state index contributed by atoms with van der Waals surface area (Å²) in [6, 6.07) is 6.89. The number of hydrogen-bond acceptors (Lipinski definition) is 6. The Morgan fingerprint density at radius 2 is 1.67 bits per heavy atom. The van der Waals surface area contributed by atoms with Crippen molar-refractivity contribution < 1.29 is 34.8 Å². The molecule has 7 heteroatoms. The zero-order chi connectivity index (χ0) is 15.6. The highest BCUT2D eigenvalue weighted by molar-refractivity contribution is 5.96. The molecule has 0 saturated carbocycles. The molecule has 2 aromatic carbocycles. The third-order valence-corrected chi connectivity index (χ3v) is 2.63. The van der Waals surface area contributed by atoms with Crippen LogP contribution in [0.25, 0.3) is 0 Å². The van der Waals surface area contributed by atoms with Crippen molar-refractivity contribution in [3.63, 3.8) is 0 Å². The number of aromatic carboxylic acids is 1. The highest BCUT2D eigenvalue weighted by Gasteiger charge is 2.19. The number of hydrogen-bond donors (Lipinski definition) is 4. The first-order chi connectivity index (χ1) is 9.90. The molecule has 0 unspecified atom stereocenters. The van der Waals surface area contributed by atoms with E-state index in [1.807, 2.05) is 0 Å². The largest absolute Gasteiger partial charge is 0.508 e. The highest BCUT2D eigenvalue weighted by atomic mass is 16.5. The van der Waals surface area contributed by atoms with Gasteiger partial charge in [0, 0.05) is 6.07 Å². The van der Waals surface area contributed by atoms with Gasteiger partial charge in [-0.25, -0.2) is 9.59 Å². The molecule has 0 fully saturated rings. The Hall–Kier alpha value is -3.22. The molecule has 0 bridgehead atoms. The van der Waals surface area contributed by atoms with E-state index in [4.69, 9.17) is 14.9 Å². The Bertz CT molecular complexity index is 721. The fourth-order valence-corrected chi connectivity index (χ4v) is 1.62. The van der Waals surface area contributed by atoms with Gasteiger partial charge in [0.1, 0.15) is 22.6 Å². The van der Waals surface area contributed by atoms with Crippen LogP contribution in [-0.4, -0.2) is 32.4 Å². The van der Waals surface area contributed by atoms with E-state index in [-0.39, 0.29) is 17.1 Å². The van der Waals surface area contributed by atoms with Gasteiger partial charge in [-0.3, -0.25) is 0 Å². The molecule has 0 spiro atoms. The lowest BCUT2D eigenvalue weighted by molar-refractivity contribution is 0.0680. The van der Waals surface area contributed by atoms with Crippen molar-refractivity contribution >= 4 is 11.9 Å². The van der Waals surface area contributed by atoms with E-state index in [0.29, 0.717) is 0 Å². The zero-order valence-corrected chi connectivity index (χ0v) is 10.5. The second kappa shape index (κ2) is 5.41. The van der Waals surface area contributed by atoms with Crippen molar-refractivity contribution in [2.75, 3.05) is 0 Å². The van der Waals surface area contributed by atoms with E-state index >= 15 is 0 Å². The van der Waals surface area contributed by atoms with E-state index in [1.165, 1.54) is 18.2 Å². The maximum atomic E-state index is 11.9. The molecule has 7 nitrogen and oxygen atoms in total. The summed E-state index contributed by atoms with van der Waals surface area (Å²) in [5, 5.41) is 37.2. The monoisotopic (exact) mass is 290 g/mol. The number of phenolic OH excluding ortho intramolecular Hbond substituents is 2. The van der Waals surface area contributed by atoms with Crippen LogP contribution < -0.4 is 4.74 Å². The predicted octanol–water partition coefficient (Wildman–Crippen LogP) is 1.72. The summed E-state index contributed by atoms with van der Waals surface area (Å²) in [6.07, 6.45) is 0. The van der Waals surface area contributed by atoms with Crippen LogP contribution in [-0.2, 0) is 0 Å². The lowest BCUT2D eigenvalue weighted by Gasteiger charge is -2.09. The van der Waals surface area contributed by atoms with Crippen LogP contribution in [0, 0.1) is 0 Å². The number of benzene rings is 2. The van der Waals surface area contributed by atoms with Crippen LogP contribution in [0.3, 0.4) is 0 Å². The minimum atomic E-state index is -1.38. The number of aromatic hydroxyl groups is 3. The molecule has 0 aromatic heterocycles. The van der Waals surface area contributed by atoms with Gasteiger partial charge < -0.3 is 25.2 Å². The molecule has 0 atom stereocenters. The first kappa shape index (κ1) is 14.2. The Balaban J connectivity index is 2.32. The van der Waals surface area contributed by atoms with Crippen LogP contribution >= 0.6 is 0 Å². The van der Waals surface area contributed by atoms with Crippen LogP contribution in [0.4, 0.5) is 0 Å². The average Bonchev–Trinajstić information content (AvgIpc) is 2.40. The molecule has 0 aliphatic heterocycles. The smallest absolute Gasteiger partial charge is 0.347 e. The van der Waals surface area contributed by atoms with Crippen molar-refractivity contribution in [2.24, 2.45) is 0 Å². The molecule has 0 amide bonds. The summed E-state index contributed by atoms with van der Waals surface area (Å²) in [7, 11) is 0. The number of carboxylic acid groups (broad SMARTS) is 1. The van der Waals surface area contributed by atoms with E-state index in [9.17, 15) is 19.8 Å². The number of carboxylic acids is 1. The molecular weight excluding hydrogens is 280 g/mol. The summed E-state index contributed by atoms with van der Waals surface area (Å²) in [6.45, 7) is 0. The number of ether oxygens (including phenoxy) is 1. The fourth-order valence-electron chi connectivity index (χ4n) is 1.62. The molecule has 0 aliphatic carbocycles. The van der Waals surface area contributed by atoms with Crippen LogP contribution in [0.15, 0.2) is 36.4 Å². The third-order valence-electron chi connectivity index (χ3n) is 2.63. The van der Waals surface area contributed by atoms with E-state index < -0.39 is 29.0 Å². The number of carbonyl (C=O) groups is 2. The van der Waals surface area contributed by atoms with Gasteiger partial charge in [-0.15, -0.1) is 0 Å².